The van der Waals surface area contributed by atoms with E-state index in [2.05, 4.69) is 16.0 Å². The van der Waals surface area contributed by atoms with Gasteiger partial charge in [-0.2, -0.15) is 0 Å². The van der Waals surface area contributed by atoms with Crippen molar-refractivity contribution in [2.75, 3.05) is 6.54 Å². The third-order valence-corrected chi connectivity index (χ3v) is 5.10. The zero-order chi connectivity index (χ0) is 26.7. The number of carbonyl (C=O) groups is 5. The molecular formula is C24H29N5O7. The number of amides is 4. The Bertz CT molecular complexity index is 1080. The normalized spacial score (nSPS) is 13.0. The number of carbonyl (C=O) groups excluding carboxylic acids is 4. The molecule has 0 aromatic heterocycles. The Kier molecular flexibility index (Phi) is 10.4. The molecule has 4 amide bonds. The van der Waals surface area contributed by atoms with Gasteiger partial charge in [0.1, 0.15) is 24.4 Å². The van der Waals surface area contributed by atoms with Gasteiger partial charge in [-0.25, -0.2) is 0 Å². The highest BCUT2D eigenvalue weighted by atomic mass is 16.4. The Hall–Kier alpha value is -4.45. The first-order valence-electron chi connectivity index (χ1n) is 11.0. The molecule has 2 aromatic rings. The number of phenols is 1. The second-order valence-corrected chi connectivity index (χ2v) is 8.07. The SMILES string of the molecule is NC(=O)CC(NC(=O)C(Cc1ccc(O)cc1)NC(=O)C(N)Cc1ccccc1)C(=O)NCC(=O)O. The molecule has 0 heterocycles. The van der Waals surface area contributed by atoms with E-state index in [9.17, 15) is 29.1 Å². The van der Waals surface area contributed by atoms with Crippen molar-refractivity contribution in [3.05, 3.63) is 65.7 Å². The number of hydrogen-bond donors (Lipinski definition) is 7. The van der Waals surface area contributed by atoms with E-state index in [-0.39, 0.29) is 18.6 Å². The fourth-order valence-electron chi connectivity index (χ4n) is 3.29. The molecule has 3 unspecified atom stereocenters. The molecule has 0 aliphatic rings. The summed E-state index contributed by atoms with van der Waals surface area (Å²) in [5.41, 5.74) is 12.6. The molecule has 9 N–H and O–H groups in total. The van der Waals surface area contributed by atoms with Crippen molar-refractivity contribution in [3.8, 4) is 5.75 Å². The Balaban J connectivity index is 2.19. The average Bonchev–Trinajstić information content (AvgIpc) is 2.83. The van der Waals surface area contributed by atoms with Crippen molar-refractivity contribution >= 4 is 29.6 Å². The number of rotatable bonds is 13. The van der Waals surface area contributed by atoms with Crippen LogP contribution in [0.4, 0.5) is 0 Å². The fourth-order valence-corrected chi connectivity index (χ4v) is 3.29. The zero-order valence-corrected chi connectivity index (χ0v) is 19.3. The second-order valence-electron chi connectivity index (χ2n) is 8.07. The Morgan fingerprint density at radius 3 is 1.94 bits per heavy atom. The lowest BCUT2D eigenvalue weighted by Crippen LogP contribution is -2.57. The topological polar surface area (TPSA) is 214 Å². The van der Waals surface area contributed by atoms with Crippen molar-refractivity contribution in [2.45, 2.75) is 37.4 Å². The van der Waals surface area contributed by atoms with Gasteiger partial charge >= 0.3 is 5.97 Å². The summed E-state index contributed by atoms with van der Waals surface area (Å²) in [7, 11) is 0. The molecule has 12 nitrogen and oxygen atoms in total. The summed E-state index contributed by atoms with van der Waals surface area (Å²) in [5, 5.41) is 25.3. The Morgan fingerprint density at radius 1 is 0.778 bits per heavy atom. The monoisotopic (exact) mass is 499 g/mol. The maximum Gasteiger partial charge on any atom is 0.322 e. The minimum Gasteiger partial charge on any atom is -0.508 e. The van der Waals surface area contributed by atoms with Crippen molar-refractivity contribution in [2.24, 2.45) is 11.5 Å². The van der Waals surface area contributed by atoms with Crippen LogP contribution in [0.25, 0.3) is 0 Å². The smallest absolute Gasteiger partial charge is 0.322 e. The molecule has 3 atom stereocenters. The number of hydrogen-bond acceptors (Lipinski definition) is 7. The van der Waals surface area contributed by atoms with E-state index >= 15 is 0 Å². The molecule has 192 valence electrons. The quantitative estimate of drug-likeness (QED) is 0.173. The lowest BCUT2D eigenvalue weighted by Gasteiger charge is -2.24. The summed E-state index contributed by atoms with van der Waals surface area (Å²) in [4.78, 5) is 60.4. The van der Waals surface area contributed by atoms with Crippen LogP contribution in [0.5, 0.6) is 5.75 Å². The van der Waals surface area contributed by atoms with E-state index in [1.807, 2.05) is 6.07 Å². The maximum atomic E-state index is 13.1. The molecule has 12 heteroatoms. The van der Waals surface area contributed by atoms with Gasteiger partial charge in [0, 0.05) is 6.42 Å². The molecule has 0 aliphatic carbocycles. The summed E-state index contributed by atoms with van der Waals surface area (Å²) in [6, 6.07) is 11.3. The van der Waals surface area contributed by atoms with E-state index in [0.717, 1.165) is 5.56 Å². The number of carboxylic acids is 1. The lowest BCUT2D eigenvalue weighted by atomic mass is 10.0. The summed E-state index contributed by atoms with van der Waals surface area (Å²) in [6.07, 6.45) is -0.414. The summed E-state index contributed by atoms with van der Waals surface area (Å²) >= 11 is 0. The van der Waals surface area contributed by atoms with Crippen LogP contribution in [0.2, 0.25) is 0 Å². The van der Waals surface area contributed by atoms with Crippen LogP contribution < -0.4 is 27.4 Å². The molecule has 0 saturated heterocycles. The van der Waals surface area contributed by atoms with Crippen molar-refractivity contribution in [1.82, 2.24) is 16.0 Å². The molecule has 0 spiro atoms. The van der Waals surface area contributed by atoms with E-state index in [4.69, 9.17) is 16.6 Å². The molecule has 0 fully saturated rings. The van der Waals surface area contributed by atoms with Gasteiger partial charge in [0.25, 0.3) is 0 Å². The Morgan fingerprint density at radius 2 is 1.36 bits per heavy atom. The minimum absolute atomic E-state index is 0.00490. The van der Waals surface area contributed by atoms with Crippen molar-refractivity contribution < 1.29 is 34.2 Å². The number of aromatic hydroxyl groups is 1. The van der Waals surface area contributed by atoms with Crippen molar-refractivity contribution in [1.29, 1.82) is 0 Å². The second kappa shape index (κ2) is 13.4. The molecule has 2 rings (SSSR count). The van der Waals surface area contributed by atoms with Gasteiger partial charge in [-0.05, 0) is 29.7 Å². The van der Waals surface area contributed by atoms with Crippen LogP contribution >= 0.6 is 0 Å². The average molecular weight is 500 g/mol. The van der Waals surface area contributed by atoms with Crippen LogP contribution in [0, 0.1) is 0 Å². The van der Waals surface area contributed by atoms with E-state index in [1.165, 1.54) is 12.1 Å². The van der Waals surface area contributed by atoms with Gasteiger partial charge in [-0.15, -0.1) is 0 Å². The minimum atomic E-state index is -1.47. The van der Waals surface area contributed by atoms with Gasteiger partial charge in [0.15, 0.2) is 0 Å². The van der Waals surface area contributed by atoms with Gasteiger partial charge in [0.2, 0.25) is 23.6 Å². The number of benzene rings is 2. The van der Waals surface area contributed by atoms with Crippen LogP contribution in [0.3, 0.4) is 0 Å². The number of phenolic OH excluding ortho intramolecular Hbond substituents is 1. The fraction of sp³-hybridized carbons (Fsp3) is 0.292. The molecule has 0 bridgehead atoms. The highest BCUT2D eigenvalue weighted by molar-refractivity contribution is 5.95. The van der Waals surface area contributed by atoms with Crippen LogP contribution in [-0.2, 0) is 36.8 Å². The predicted molar refractivity (Wildman–Crippen MR) is 128 cm³/mol. The van der Waals surface area contributed by atoms with E-state index < -0.39 is 60.7 Å². The van der Waals surface area contributed by atoms with Crippen LogP contribution in [-0.4, -0.2) is 64.5 Å². The number of primary amides is 1. The number of carboxylic acid groups (broad SMARTS) is 1. The largest absolute Gasteiger partial charge is 0.508 e. The lowest BCUT2D eigenvalue weighted by molar-refractivity contribution is -0.138. The standard InChI is InChI=1S/C24H29N5O7/c25-17(10-14-4-2-1-3-5-14)22(34)28-18(11-15-6-8-16(30)9-7-15)24(36)29-19(12-20(26)31)23(35)27-13-21(32)33/h1-9,17-19,30H,10-13,25H2,(H2,26,31)(H,27,35)(H,28,34)(H,29,36)(H,32,33). The summed E-state index contributed by atoms with van der Waals surface area (Å²) < 4.78 is 0. The van der Waals surface area contributed by atoms with Gasteiger partial charge in [-0.3, -0.25) is 24.0 Å². The molecule has 2 aromatic carbocycles. The third-order valence-electron chi connectivity index (χ3n) is 5.10. The van der Waals surface area contributed by atoms with Crippen LogP contribution in [0.1, 0.15) is 17.5 Å². The van der Waals surface area contributed by atoms with Crippen molar-refractivity contribution in [3.63, 3.8) is 0 Å². The van der Waals surface area contributed by atoms with E-state index in [1.54, 1.807) is 36.4 Å². The van der Waals surface area contributed by atoms with Crippen LogP contribution in [0.15, 0.2) is 54.6 Å². The molecule has 0 radical (unpaired) electrons. The highest BCUT2D eigenvalue weighted by Gasteiger charge is 2.29. The Labute approximate surface area is 207 Å². The summed E-state index contributed by atoms with van der Waals surface area (Å²) in [5.74, 6) is -4.60. The highest BCUT2D eigenvalue weighted by Crippen LogP contribution is 2.12. The number of nitrogens with one attached hydrogen (secondary N) is 3. The van der Waals surface area contributed by atoms with E-state index in [0.29, 0.717) is 5.56 Å². The molecule has 0 saturated carbocycles. The predicted octanol–water partition coefficient (Wildman–Crippen LogP) is -1.45. The van der Waals surface area contributed by atoms with Gasteiger partial charge in [0.05, 0.1) is 12.5 Å². The molecule has 36 heavy (non-hydrogen) atoms. The van der Waals surface area contributed by atoms with Gasteiger partial charge < -0.3 is 37.6 Å². The number of nitrogens with two attached hydrogens (primary N) is 2. The third kappa shape index (κ3) is 9.43. The molecular weight excluding hydrogens is 470 g/mol. The summed E-state index contributed by atoms with van der Waals surface area (Å²) in [6.45, 7) is -0.730. The first kappa shape index (κ1) is 27.8. The molecule has 0 aliphatic heterocycles. The first-order valence-corrected chi connectivity index (χ1v) is 11.0. The zero-order valence-electron chi connectivity index (χ0n) is 19.3. The maximum absolute atomic E-state index is 13.1. The number of aliphatic carboxylic acids is 1. The first-order chi connectivity index (χ1) is 17.0. The van der Waals surface area contributed by atoms with Gasteiger partial charge in [-0.1, -0.05) is 42.5 Å².